The Balaban J connectivity index is 0.000000188. The van der Waals surface area contributed by atoms with E-state index in [-0.39, 0.29) is 0 Å². The maximum absolute atomic E-state index is 8.60. The van der Waals surface area contributed by atoms with Gasteiger partial charge in [0.2, 0.25) is 0 Å². The topological polar surface area (TPSA) is 77.4 Å². The largest absolute Gasteiger partial charge is 0.293 e. The highest BCUT2D eigenvalue weighted by Gasteiger charge is 1.93. The molecule has 3 aromatic rings. The molecule has 0 fully saturated rings. The molecule has 0 amide bonds. The number of nitrogens with zero attached hydrogens (tertiary/aromatic N) is 4. The Hall–Kier alpha value is -3.57. The van der Waals surface area contributed by atoms with E-state index < -0.39 is 0 Å². The predicted molar refractivity (Wildman–Crippen MR) is 83.6 cm³/mol. The van der Waals surface area contributed by atoms with E-state index in [0.29, 0.717) is 11.1 Å². The molecule has 106 valence electrons. The minimum Gasteiger partial charge on any atom is -0.293 e. The van der Waals surface area contributed by atoms with Crippen LogP contribution in [-0.2, 0) is 0 Å². The van der Waals surface area contributed by atoms with Gasteiger partial charge in [0, 0.05) is 12.4 Å². The van der Waals surface area contributed by atoms with Gasteiger partial charge in [-0.05, 0) is 36.4 Å². The van der Waals surface area contributed by atoms with Crippen LogP contribution in [0.4, 0.5) is 5.69 Å². The number of hydrogen-bond donors (Lipinski definition) is 1. The fraction of sp³-hybridized carbons (Fsp3) is 0. The first-order valence-electron chi connectivity index (χ1n) is 6.52. The lowest BCUT2D eigenvalue weighted by Gasteiger charge is -2.05. The molecule has 0 unspecified atom stereocenters. The number of aromatic nitrogens is 2. The lowest BCUT2D eigenvalue weighted by Crippen LogP contribution is -2.05. The molecule has 3 rings (SSSR count). The number of nitrogens with one attached hydrogen (secondary N) is 1. The summed E-state index contributed by atoms with van der Waals surface area (Å²) in [5.41, 5.74) is 5.37. The molecule has 0 saturated carbocycles. The summed E-state index contributed by atoms with van der Waals surface area (Å²) < 4.78 is 1.74. The van der Waals surface area contributed by atoms with E-state index in [0.717, 1.165) is 5.69 Å². The standard InChI is InChI=1S/C10H8N4.C7H5N/c11-7-9-1-3-10(4-2-9)13-14-6-5-12-8-14;8-6-7-4-2-1-3-5-7/h1-6,8,13H;1-5H. The lowest BCUT2D eigenvalue weighted by molar-refractivity contribution is 0.955. The number of rotatable bonds is 2. The molecule has 0 atom stereocenters. The van der Waals surface area contributed by atoms with Gasteiger partial charge in [0.05, 0.1) is 29.0 Å². The van der Waals surface area contributed by atoms with Crippen LogP contribution in [0.15, 0.2) is 73.3 Å². The quantitative estimate of drug-likeness (QED) is 0.785. The summed E-state index contributed by atoms with van der Waals surface area (Å²) in [6.45, 7) is 0. The summed E-state index contributed by atoms with van der Waals surface area (Å²) in [5, 5.41) is 16.9. The highest BCUT2D eigenvalue weighted by atomic mass is 15.4. The summed E-state index contributed by atoms with van der Waals surface area (Å²) >= 11 is 0. The molecule has 0 aliphatic heterocycles. The zero-order valence-electron chi connectivity index (χ0n) is 11.7. The van der Waals surface area contributed by atoms with Gasteiger partial charge in [0.25, 0.3) is 0 Å². The number of nitriles is 2. The number of hydrogen-bond acceptors (Lipinski definition) is 4. The molecule has 1 heterocycles. The van der Waals surface area contributed by atoms with Crippen LogP contribution in [0.5, 0.6) is 0 Å². The molecule has 0 radical (unpaired) electrons. The zero-order chi connectivity index (χ0) is 15.6. The van der Waals surface area contributed by atoms with Gasteiger partial charge in [-0.25, -0.2) is 4.98 Å². The monoisotopic (exact) mass is 287 g/mol. The Kier molecular flexibility index (Phi) is 5.31. The molecule has 0 bridgehead atoms. The van der Waals surface area contributed by atoms with Crippen molar-refractivity contribution < 1.29 is 0 Å². The van der Waals surface area contributed by atoms with Crippen LogP contribution in [0.25, 0.3) is 0 Å². The molecule has 0 saturated heterocycles. The van der Waals surface area contributed by atoms with Crippen molar-refractivity contribution in [3.63, 3.8) is 0 Å². The lowest BCUT2D eigenvalue weighted by atomic mass is 10.2. The number of imidazole rings is 1. The van der Waals surface area contributed by atoms with Crippen LogP contribution in [0.1, 0.15) is 11.1 Å². The first kappa shape index (κ1) is 14.8. The highest BCUT2D eigenvalue weighted by molar-refractivity contribution is 5.46. The molecular weight excluding hydrogens is 274 g/mol. The van der Waals surface area contributed by atoms with Crippen LogP contribution in [0.3, 0.4) is 0 Å². The van der Waals surface area contributed by atoms with E-state index in [4.69, 9.17) is 10.5 Å². The smallest absolute Gasteiger partial charge is 0.114 e. The average Bonchev–Trinajstić information content (AvgIpc) is 3.10. The van der Waals surface area contributed by atoms with Crippen molar-refractivity contribution in [3.8, 4) is 12.1 Å². The van der Waals surface area contributed by atoms with Gasteiger partial charge in [-0.15, -0.1) is 0 Å². The summed E-state index contributed by atoms with van der Waals surface area (Å²) in [6.07, 6.45) is 5.16. The number of anilines is 1. The third kappa shape index (κ3) is 4.52. The Morgan fingerprint density at radius 1 is 0.864 bits per heavy atom. The number of benzene rings is 2. The second kappa shape index (κ2) is 7.88. The van der Waals surface area contributed by atoms with Gasteiger partial charge < -0.3 is 0 Å². The van der Waals surface area contributed by atoms with Crippen molar-refractivity contribution in [1.82, 2.24) is 9.66 Å². The van der Waals surface area contributed by atoms with E-state index in [1.165, 1.54) is 0 Å². The third-order valence-corrected chi connectivity index (χ3v) is 2.68. The average molecular weight is 287 g/mol. The van der Waals surface area contributed by atoms with Crippen LogP contribution < -0.4 is 5.43 Å². The molecule has 0 aliphatic carbocycles. The summed E-state index contributed by atoms with van der Waals surface area (Å²) in [6, 6.07) is 20.4. The van der Waals surface area contributed by atoms with Gasteiger partial charge in [-0.1, -0.05) is 18.2 Å². The van der Waals surface area contributed by atoms with E-state index in [2.05, 4.69) is 16.5 Å². The van der Waals surface area contributed by atoms with E-state index >= 15 is 0 Å². The molecule has 2 aromatic carbocycles. The fourth-order valence-corrected chi connectivity index (χ4v) is 1.61. The Morgan fingerprint density at radius 3 is 2.00 bits per heavy atom. The normalized spacial score (nSPS) is 8.82. The van der Waals surface area contributed by atoms with Gasteiger partial charge >= 0.3 is 0 Å². The Morgan fingerprint density at radius 2 is 1.50 bits per heavy atom. The maximum Gasteiger partial charge on any atom is 0.114 e. The van der Waals surface area contributed by atoms with Crippen molar-refractivity contribution in [1.29, 1.82) is 10.5 Å². The Labute approximate surface area is 128 Å². The third-order valence-electron chi connectivity index (χ3n) is 2.68. The minimum atomic E-state index is 0.654. The predicted octanol–water partition coefficient (Wildman–Crippen LogP) is 3.19. The molecular formula is C17H13N5. The summed E-state index contributed by atoms with van der Waals surface area (Å²) in [7, 11) is 0. The van der Waals surface area contributed by atoms with Gasteiger partial charge in [0.15, 0.2) is 0 Å². The van der Waals surface area contributed by atoms with Crippen LogP contribution >= 0.6 is 0 Å². The van der Waals surface area contributed by atoms with Gasteiger partial charge in [-0.3, -0.25) is 10.1 Å². The first-order chi connectivity index (χ1) is 10.8. The molecule has 0 aliphatic rings. The van der Waals surface area contributed by atoms with Crippen molar-refractivity contribution >= 4 is 5.69 Å². The second-order valence-corrected chi connectivity index (χ2v) is 4.25. The van der Waals surface area contributed by atoms with Crippen LogP contribution in [0.2, 0.25) is 0 Å². The van der Waals surface area contributed by atoms with E-state index in [1.807, 2.05) is 36.4 Å². The molecule has 5 heteroatoms. The van der Waals surface area contributed by atoms with Crippen molar-refractivity contribution in [2.75, 3.05) is 5.43 Å². The SMILES string of the molecule is N#Cc1ccc(Nn2ccnc2)cc1.N#Cc1ccccc1. The molecule has 0 spiro atoms. The summed E-state index contributed by atoms with van der Waals surface area (Å²) in [5.74, 6) is 0. The fourth-order valence-electron chi connectivity index (χ4n) is 1.61. The van der Waals surface area contributed by atoms with Crippen molar-refractivity contribution in [2.24, 2.45) is 0 Å². The second-order valence-electron chi connectivity index (χ2n) is 4.25. The molecule has 1 aromatic heterocycles. The zero-order valence-corrected chi connectivity index (χ0v) is 11.7. The molecule has 22 heavy (non-hydrogen) atoms. The van der Waals surface area contributed by atoms with E-state index in [9.17, 15) is 0 Å². The molecule has 1 N–H and O–H groups in total. The highest BCUT2D eigenvalue weighted by Crippen LogP contribution is 2.08. The Bertz CT molecular complexity index is 763. The van der Waals surface area contributed by atoms with Crippen molar-refractivity contribution in [3.05, 3.63) is 84.4 Å². The van der Waals surface area contributed by atoms with Gasteiger partial charge in [-0.2, -0.15) is 10.5 Å². The van der Waals surface area contributed by atoms with Gasteiger partial charge in [0.1, 0.15) is 6.33 Å². The minimum absolute atomic E-state index is 0.654. The summed E-state index contributed by atoms with van der Waals surface area (Å²) in [4.78, 5) is 3.90. The molecule has 5 nitrogen and oxygen atoms in total. The van der Waals surface area contributed by atoms with E-state index in [1.54, 1.807) is 47.7 Å². The maximum atomic E-state index is 8.60. The first-order valence-corrected chi connectivity index (χ1v) is 6.52. The van der Waals surface area contributed by atoms with Crippen LogP contribution in [-0.4, -0.2) is 9.66 Å². The van der Waals surface area contributed by atoms with Crippen LogP contribution in [0, 0.1) is 22.7 Å². The van der Waals surface area contributed by atoms with Crippen molar-refractivity contribution in [2.45, 2.75) is 0 Å².